The van der Waals surface area contributed by atoms with Gasteiger partial charge >= 0.3 is 0 Å². The van der Waals surface area contributed by atoms with Crippen LogP contribution < -0.4 is 16.0 Å². The van der Waals surface area contributed by atoms with Gasteiger partial charge in [-0.15, -0.1) is 0 Å². The molecule has 0 aromatic carbocycles. The number of methoxy groups -OCH3 is 1. The standard InChI is InChI=1S/C16H30N6O2/c1-5-17-16(20-12-15(23)18-8-10-24-4)19-7-6-9-22-14(3)11-13(2)21-22/h11H,5-10,12H2,1-4H3,(H,18,23)(H2,17,19,20). The SMILES string of the molecule is CCNC(=NCC(=O)NCCOC)NCCCn1nc(C)cc1C. The number of ether oxygens (including phenoxy) is 1. The molecule has 1 aromatic heterocycles. The van der Waals surface area contributed by atoms with Gasteiger partial charge in [-0.3, -0.25) is 9.48 Å². The number of carbonyl (C=O) groups is 1. The van der Waals surface area contributed by atoms with E-state index in [9.17, 15) is 4.79 Å². The lowest BCUT2D eigenvalue weighted by molar-refractivity contribution is -0.119. The fourth-order valence-corrected chi connectivity index (χ4v) is 2.18. The van der Waals surface area contributed by atoms with E-state index in [1.165, 1.54) is 5.69 Å². The van der Waals surface area contributed by atoms with Gasteiger partial charge in [-0.1, -0.05) is 0 Å². The normalized spacial score (nSPS) is 11.4. The summed E-state index contributed by atoms with van der Waals surface area (Å²) in [5.41, 5.74) is 2.20. The van der Waals surface area contributed by atoms with Crippen LogP contribution in [-0.4, -0.2) is 61.5 Å². The maximum Gasteiger partial charge on any atom is 0.241 e. The van der Waals surface area contributed by atoms with Gasteiger partial charge < -0.3 is 20.7 Å². The highest BCUT2D eigenvalue weighted by atomic mass is 16.5. The first kappa shape index (κ1) is 20.0. The second-order valence-corrected chi connectivity index (χ2v) is 5.47. The van der Waals surface area contributed by atoms with Crippen molar-refractivity contribution in [2.45, 2.75) is 33.7 Å². The summed E-state index contributed by atoms with van der Waals surface area (Å²) in [6.45, 7) is 9.49. The summed E-state index contributed by atoms with van der Waals surface area (Å²) in [5.74, 6) is 0.527. The smallest absolute Gasteiger partial charge is 0.241 e. The predicted octanol–water partition coefficient (Wildman–Crippen LogP) is 0.208. The first-order valence-electron chi connectivity index (χ1n) is 8.35. The number of amides is 1. The molecule has 1 rings (SSSR count). The van der Waals surface area contributed by atoms with Gasteiger partial charge in [0.25, 0.3) is 0 Å². The van der Waals surface area contributed by atoms with Crippen LogP contribution in [0.1, 0.15) is 24.7 Å². The fourth-order valence-electron chi connectivity index (χ4n) is 2.18. The van der Waals surface area contributed by atoms with Crippen LogP contribution in [0.15, 0.2) is 11.1 Å². The molecular formula is C16H30N6O2. The second kappa shape index (κ2) is 11.4. The molecule has 3 N–H and O–H groups in total. The minimum Gasteiger partial charge on any atom is -0.383 e. The van der Waals surface area contributed by atoms with E-state index >= 15 is 0 Å². The molecule has 0 spiro atoms. The van der Waals surface area contributed by atoms with Crippen LogP contribution in [0, 0.1) is 13.8 Å². The maximum absolute atomic E-state index is 11.6. The van der Waals surface area contributed by atoms with Crippen molar-refractivity contribution in [3.63, 3.8) is 0 Å². The van der Waals surface area contributed by atoms with E-state index in [2.05, 4.69) is 39.0 Å². The molecule has 0 radical (unpaired) electrons. The van der Waals surface area contributed by atoms with Crippen LogP contribution in [0.5, 0.6) is 0 Å². The average molecular weight is 338 g/mol. The highest BCUT2D eigenvalue weighted by Crippen LogP contribution is 2.02. The van der Waals surface area contributed by atoms with Crippen molar-refractivity contribution < 1.29 is 9.53 Å². The molecule has 0 saturated heterocycles. The van der Waals surface area contributed by atoms with E-state index in [1.54, 1.807) is 7.11 Å². The average Bonchev–Trinajstić information content (AvgIpc) is 2.87. The molecule has 1 amide bonds. The van der Waals surface area contributed by atoms with Crippen molar-refractivity contribution in [2.24, 2.45) is 4.99 Å². The van der Waals surface area contributed by atoms with Crippen molar-refractivity contribution in [1.29, 1.82) is 0 Å². The molecular weight excluding hydrogens is 308 g/mol. The summed E-state index contributed by atoms with van der Waals surface area (Å²) < 4.78 is 6.89. The molecule has 0 aliphatic carbocycles. The van der Waals surface area contributed by atoms with Gasteiger partial charge in [-0.25, -0.2) is 4.99 Å². The Bertz CT molecular complexity index is 527. The van der Waals surface area contributed by atoms with Crippen LogP contribution in [-0.2, 0) is 16.1 Å². The van der Waals surface area contributed by atoms with E-state index in [0.717, 1.165) is 31.7 Å². The zero-order valence-electron chi connectivity index (χ0n) is 15.2. The second-order valence-electron chi connectivity index (χ2n) is 5.47. The Balaban J connectivity index is 2.32. The van der Waals surface area contributed by atoms with E-state index < -0.39 is 0 Å². The molecule has 8 nitrogen and oxygen atoms in total. The molecule has 1 aromatic rings. The van der Waals surface area contributed by atoms with Crippen LogP contribution >= 0.6 is 0 Å². The van der Waals surface area contributed by atoms with Crippen LogP contribution in [0.25, 0.3) is 0 Å². The first-order chi connectivity index (χ1) is 11.6. The summed E-state index contributed by atoms with van der Waals surface area (Å²) in [6, 6.07) is 2.07. The zero-order chi connectivity index (χ0) is 17.8. The zero-order valence-corrected chi connectivity index (χ0v) is 15.2. The highest BCUT2D eigenvalue weighted by molar-refractivity contribution is 5.84. The topological polar surface area (TPSA) is 92.6 Å². The molecule has 0 aliphatic rings. The number of hydrogen-bond acceptors (Lipinski definition) is 4. The Kier molecular flexibility index (Phi) is 9.52. The lowest BCUT2D eigenvalue weighted by Gasteiger charge is -2.11. The molecule has 136 valence electrons. The van der Waals surface area contributed by atoms with Crippen LogP contribution in [0.4, 0.5) is 0 Å². The van der Waals surface area contributed by atoms with Crippen LogP contribution in [0.2, 0.25) is 0 Å². The number of rotatable bonds is 10. The molecule has 0 aliphatic heterocycles. The van der Waals surface area contributed by atoms with Crippen molar-refractivity contribution in [2.75, 3.05) is 39.9 Å². The van der Waals surface area contributed by atoms with Gasteiger partial charge in [0.2, 0.25) is 5.91 Å². The predicted molar refractivity (Wildman–Crippen MR) is 95.2 cm³/mol. The lowest BCUT2D eigenvalue weighted by Crippen LogP contribution is -2.39. The third-order valence-corrected chi connectivity index (χ3v) is 3.30. The Hall–Kier alpha value is -2.09. The summed E-state index contributed by atoms with van der Waals surface area (Å²) in [6.07, 6.45) is 0.923. The van der Waals surface area contributed by atoms with E-state index in [0.29, 0.717) is 19.1 Å². The number of nitrogens with zero attached hydrogens (tertiary/aromatic N) is 3. The monoisotopic (exact) mass is 338 g/mol. The minimum absolute atomic E-state index is 0.0938. The minimum atomic E-state index is -0.119. The largest absolute Gasteiger partial charge is 0.383 e. The molecule has 0 atom stereocenters. The highest BCUT2D eigenvalue weighted by Gasteiger charge is 2.03. The molecule has 0 unspecified atom stereocenters. The number of nitrogens with one attached hydrogen (secondary N) is 3. The molecule has 1 heterocycles. The number of aliphatic imine (C=N–C) groups is 1. The van der Waals surface area contributed by atoms with Gasteiger partial charge in [0, 0.05) is 39.0 Å². The number of carbonyl (C=O) groups excluding carboxylic acids is 1. The van der Waals surface area contributed by atoms with Crippen LogP contribution in [0.3, 0.4) is 0 Å². The van der Waals surface area contributed by atoms with Crippen molar-refractivity contribution >= 4 is 11.9 Å². The van der Waals surface area contributed by atoms with Gasteiger partial charge in [-0.2, -0.15) is 5.10 Å². The van der Waals surface area contributed by atoms with Gasteiger partial charge in [0.05, 0.1) is 12.3 Å². The maximum atomic E-state index is 11.6. The third-order valence-electron chi connectivity index (χ3n) is 3.30. The quantitative estimate of drug-likeness (QED) is 0.322. The Labute approximate surface area is 144 Å². The molecule has 24 heavy (non-hydrogen) atoms. The van der Waals surface area contributed by atoms with Crippen molar-refractivity contribution in [1.82, 2.24) is 25.7 Å². The van der Waals surface area contributed by atoms with E-state index in [-0.39, 0.29) is 12.5 Å². The number of aryl methyl sites for hydroxylation is 3. The fraction of sp³-hybridized carbons (Fsp3) is 0.688. The lowest BCUT2D eigenvalue weighted by atomic mass is 10.4. The molecule has 0 bridgehead atoms. The van der Waals surface area contributed by atoms with E-state index in [1.807, 2.05) is 18.5 Å². The summed E-state index contributed by atoms with van der Waals surface area (Å²) >= 11 is 0. The Morgan fingerprint density at radius 2 is 2.08 bits per heavy atom. The van der Waals surface area contributed by atoms with Gasteiger partial charge in [0.1, 0.15) is 6.54 Å². The molecule has 0 fully saturated rings. The van der Waals surface area contributed by atoms with Crippen molar-refractivity contribution in [3.8, 4) is 0 Å². The molecule has 0 saturated carbocycles. The van der Waals surface area contributed by atoms with E-state index in [4.69, 9.17) is 4.74 Å². The Morgan fingerprint density at radius 1 is 1.29 bits per heavy atom. The number of hydrogen-bond donors (Lipinski definition) is 3. The molecule has 8 heteroatoms. The Morgan fingerprint density at radius 3 is 2.71 bits per heavy atom. The summed E-state index contributed by atoms with van der Waals surface area (Å²) in [7, 11) is 1.60. The number of aromatic nitrogens is 2. The summed E-state index contributed by atoms with van der Waals surface area (Å²) in [4.78, 5) is 15.9. The summed E-state index contributed by atoms with van der Waals surface area (Å²) in [5, 5.41) is 13.5. The third kappa shape index (κ3) is 7.96. The van der Waals surface area contributed by atoms with Crippen molar-refractivity contribution in [3.05, 3.63) is 17.5 Å². The first-order valence-corrected chi connectivity index (χ1v) is 8.35. The van der Waals surface area contributed by atoms with Gasteiger partial charge in [0.15, 0.2) is 5.96 Å². The van der Waals surface area contributed by atoms with Gasteiger partial charge in [-0.05, 0) is 33.3 Å². The number of guanidine groups is 1.